The van der Waals surface area contributed by atoms with Crippen molar-refractivity contribution >= 4 is 33.4 Å². The highest BCUT2D eigenvalue weighted by atomic mass is 79.9. The van der Waals surface area contributed by atoms with Crippen LogP contribution in [0.5, 0.6) is 0 Å². The van der Waals surface area contributed by atoms with Crippen molar-refractivity contribution in [3.8, 4) is 0 Å². The number of fused-ring (bicyclic) bond motifs is 5. The third-order valence-corrected chi connectivity index (χ3v) is 6.84. The van der Waals surface area contributed by atoms with Crippen LogP contribution in [0.15, 0.2) is 52.0 Å². The molecular formula is C21H20BrNO2. The lowest BCUT2D eigenvalue weighted by Gasteiger charge is -2.23. The van der Waals surface area contributed by atoms with Gasteiger partial charge in [0.25, 0.3) is 0 Å². The predicted octanol–water partition coefficient (Wildman–Crippen LogP) is 4.63. The van der Waals surface area contributed by atoms with Gasteiger partial charge in [0, 0.05) is 16.3 Å². The Morgan fingerprint density at radius 2 is 1.56 bits per heavy atom. The molecule has 2 bridgehead atoms. The topological polar surface area (TPSA) is 37.4 Å². The van der Waals surface area contributed by atoms with Gasteiger partial charge < -0.3 is 0 Å². The van der Waals surface area contributed by atoms with Gasteiger partial charge in [0.15, 0.2) is 0 Å². The van der Waals surface area contributed by atoms with Crippen LogP contribution in [0.3, 0.4) is 0 Å². The largest absolute Gasteiger partial charge is 0.274 e. The summed E-state index contributed by atoms with van der Waals surface area (Å²) >= 11 is 3.44. The van der Waals surface area contributed by atoms with Crippen molar-refractivity contribution < 1.29 is 9.59 Å². The molecule has 25 heavy (non-hydrogen) atoms. The summed E-state index contributed by atoms with van der Waals surface area (Å²) in [6, 6.07) is 7.48. The molecule has 3 nitrogen and oxygen atoms in total. The molecule has 1 saturated heterocycles. The van der Waals surface area contributed by atoms with Crippen LogP contribution in [0.4, 0.5) is 5.69 Å². The van der Waals surface area contributed by atoms with Crippen LogP contribution in [0.1, 0.15) is 32.1 Å². The molecule has 0 aromatic heterocycles. The summed E-state index contributed by atoms with van der Waals surface area (Å²) in [5, 5.41) is 0. The van der Waals surface area contributed by atoms with E-state index in [0.717, 1.165) is 17.3 Å². The lowest BCUT2D eigenvalue weighted by molar-refractivity contribution is -0.122. The average Bonchev–Trinajstić information content (AvgIpc) is 3.25. The number of nitrogens with zero attached hydrogens (tertiary/aromatic N) is 1. The van der Waals surface area contributed by atoms with Gasteiger partial charge in [-0.25, -0.2) is 4.90 Å². The van der Waals surface area contributed by atoms with Gasteiger partial charge in [-0.2, -0.15) is 0 Å². The van der Waals surface area contributed by atoms with Crippen molar-refractivity contribution in [1.82, 2.24) is 0 Å². The molecule has 128 valence electrons. The van der Waals surface area contributed by atoms with Crippen LogP contribution in [0, 0.1) is 23.7 Å². The van der Waals surface area contributed by atoms with E-state index in [1.54, 1.807) is 0 Å². The maximum absolute atomic E-state index is 13.2. The van der Waals surface area contributed by atoms with Crippen LogP contribution < -0.4 is 4.90 Å². The molecule has 1 heterocycles. The second-order valence-electron chi connectivity index (χ2n) is 7.60. The predicted molar refractivity (Wildman–Crippen MR) is 99.8 cm³/mol. The molecule has 4 heteroatoms. The maximum atomic E-state index is 13.2. The average molecular weight is 398 g/mol. The molecule has 3 aliphatic carbocycles. The van der Waals surface area contributed by atoms with Crippen molar-refractivity contribution in [2.75, 3.05) is 4.90 Å². The number of carbonyl (C=O) groups excluding carboxylic acids is 2. The molecule has 4 atom stereocenters. The third-order valence-electron chi connectivity index (χ3n) is 6.35. The fourth-order valence-corrected chi connectivity index (χ4v) is 5.76. The molecule has 1 aliphatic heterocycles. The van der Waals surface area contributed by atoms with E-state index in [2.05, 4.69) is 28.1 Å². The number of imide groups is 1. The smallest absolute Gasteiger partial charge is 0.238 e. The van der Waals surface area contributed by atoms with Crippen molar-refractivity contribution in [3.63, 3.8) is 0 Å². The van der Waals surface area contributed by atoms with E-state index in [4.69, 9.17) is 0 Å². The van der Waals surface area contributed by atoms with Gasteiger partial charge in [0.1, 0.15) is 0 Å². The first-order valence-electron chi connectivity index (χ1n) is 9.20. The van der Waals surface area contributed by atoms with Crippen LogP contribution in [0.25, 0.3) is 0 Å². The first-order chi connectivity index (χ1) is 12.2. The summed E-state index contributed by atoms with van der Waals surface area (Å²) in [5.74, 6) is -0.108. The molecule has 3 fully saturated rings. The Morgan fingerprint density at radius 3 is 2.16 bits per heavy atom. The number of halogens is 1. The fraction of sp³-hybridized carbons (Fsp3) is 0.429. The van der Waals surface area contributed by atoms with Gasteiger partial charge in [-0.15, -0.1) is 0 Å². The first kappa shape index (κ1) is 15.6. The zero-order valence-electron chi connectivity index (χ0n) is 14.0. The quantitative estimate of drug-likeness (QED) is 0.511. The van der Waals surface area contributed by atoms with E-state index < -0.39 is 0 Å². The molecule has 0 N–H and O–H groups in total. The van der Waals surface area contributed by atoms with E-state index in [1.165, 1.54) is 35.3 Å². The molecule has 2 saturated carbocycles. The highest BCUT2D eigenvalue weighted by molar-refractivity contribution is 9.10. The highest BCUT2D eigenvalue weighted by Gasteiger charge is 2.62. The van der Waals surface area contributed by atoms with Crippen molar-refractivity contribution in [2.24, 2.45) is 23.7 Å². The van der Waals surface area contributed by atoms with Crippen LogP contribution in [-0.2, 0) is 9.59 Å². The van der Waals surface area contributed by atoms with Gasteiger partial charge in [-0.05, 0) is 43.9 Å². The van der Waals surface area contributed by atoms with E-state index >= 15 is 0 Å². The third kappa shape index (κ3) is 2.16. The van der Waals surface area contributed by atoms with Gasteiger partial charge in [-0.1, -0.05) is 51.7 Å². The lowest BCUT2D eigenvalue weighted by Crippen LogP contribution is -2.33. The highest BCUT2D eigenvalue weighted by Crippen LogP contribution is 2.58. The summed E-state index contributed by atoms with van der Waals surface area (Å²) in [7, 11) is 0. The minimum Gasteiger partial charge on any atom is -0.274 e. The molecule has 2 amide bonds. The molecule has 1 aromatic rings. The van der Waals surface area contributed by atoms with Crippen molar-refractivity contribution in [2.45, 2.75) is 32.1 Å². The Morgan fingerprint density at radius 1 is 0.920 bits per heavy atom. The Bertz CT molecular complexity index is 798. The minimum absolute atomic E-state index is 0.0149. The number of hydrogen-bond acceptors (Lipinski definition) is 2. The first-order valence-corrected chi connectivity index (χ1v) is 9.99. The van der Waals surface area contributed by atoms with Crippen LogP contribution >= 0.6 is 15.9 Å². The number of benzene rings is 1. The SMILES string of the molecule is O=C1[C@@H]2[C@@H](C(=O)N1c1cccc(Br)c1)[C@H]1C=C[C@@H]2C1=C1CCCCC1. The zero-order chi connectivity index (χ0) is 17.1. The van der Waals surface area contributed by atoms with Gasteiger partial charge in [-0.3, -0.25) is 9.59 Å². The summed E-state index contributed by atoms with van der Waals surface area (Å²) in [5.41, 5.74) is 3.64. The van der Waals surface area contributed by atoms with Gasteiger partial charge in [0.2, 0.25) is 11.8 Å². The maximum Gasteiger partial charge on any atom is 0.238 e. The number of hydrogen-bond donors (Lipinski definition) is 0. The minimum atomic E-state index is -0.189. The van der Waals surface area contributed by atoms with E-state index in [9.17, 15) is 9.59 Å². The number of carbonyl (C=O) groups is 2. The Hall–Kier alpha value is -1.68. The fourth-order valence-electron chi connectivity index (χ4n) is 5.37. The van der Waals surface area contributed by atoms with Crippen molar-refractivity contribution in [3.05, 3.63) is 52.0 Å². The standard InChI is InChI=1S/C21H20BrNO2/c22-13-7-4-8-14(11-13)23-20(24)18-15-9-10-16(19(18)21(23)25)17(15)12-5-2-1-3-6-12/h4,7-11,15-16,18-19H,1-3,5-6H2/t15-,16+,18-,19-/m0/s1. The number of rotatable bonds is 1. The molecule has 0 spiro atoms. The molecule has 1 aromatic carbocycles. The number of amides is 2. The zero-order valence-corrected chi connectivity index (χ0v) is 15.5. The molecular weight excluding hydrogens is 378 g/mol. The number of allylic oxidation sites excluding steroid dienone is 4. The molecule has 0 radical (unpaired) electrons. The summed E-state index contributed by atoms with van der Waals surface area (Å²) in [6.45, 7) is 0. The van der Waals surface area contributed by atoms with E-state index in [0.29, 0.717) is 5.69 Å². The molecule has 4 aliphatic rings. The van der Waals surface area contributed by atoms with E-state index in [-0.39, 0.29) is 35.5 Å². The summed E-state index contributed by atoms with van der Waals surface area (Å²) in [6.07, 6.45) is 10.5. The second kappa shape index (κ2) is 5.66. The van der Waals surface area contributed by atoms with Crippen LogP contribution in [0.2, 0.25) is 0 Å². The van der Waals surface area contributed by atoms with Crippen LogP contribution in [-0.4, -0.2) is 11.8 Å². The summed E-state index contributed by atoms with van der Waals surface area (Å²) in [4.78, 5) is 27.7. The van der Waals surface area contributed by atoms with E-state index in [1.807, 2.05) is 24.3 Å². The summed E-state index contributed by atoms with van der Waals surface area (Å²) < 4.78 is 0.883. The Balaban J connectivity index is 1.54. The Labute approximate surface area is 155 Å². The van der Waals surface area contributed by atoms with Gasteiger partial charge in [0.05, 0.1) is 17.5 Å². The second-order valence-corrected chi connectivity index (χ2v) is 8.52. The monoisotopic (exact) mass is 397 g/mol. The van der Waals surface area contributed by atoms with Gasteiger partial charge >= 0.3 is 0 Å². The molecule has 0 unspecified atom stereocenters. The molecule has 5 rings (SSSR count). The lowest BCUT2D eigenvalue weighted by atomic mass is 9.85. The number of anilines is 1. The van der Waals surface area contributed by atoms with Crippen molar-refractivity contribution in [1.29, 1.82) is 0 Å². The Kier molecular flexibility index (Phi) is 3.53. The normalized spacial score (nSPS) is 33.6.